The van der Waals surface area contributed by atoms with Crippen LogP contribution in [0.3, 0.4) is 0 Å². The van der Waals surface area contributed by atoms with Gasteiger partial charge in [-0.05, 0) is 27.3 Å². The molecule has 0 N–H and O–H groups in total. The highest BCUT2D eigenvalue weighted by Crippen LogP contribution is 2.19. The molecule has 0 atom stereocenters. The standard InChI is InChI=1S/C20H34N8/c1-5-24-6-12-27(13-7-24)19-14-17(4)21-20-22-18(23-28(19)20)15-25-8-10-26(11-9-25)16(2)3/h14,16H,5-13,15H2,1-4H3. The van der Waals surface area contributed by atoms with Gasteiger partial charge in [-0.15, -0.1) is 5.10 Å². The molecular weight excluding hydrogens is 352 g/mol. The lowest BCUT2D eigenvalue weighted by molar-refractivity contribution is 0.102. The van der Waals surface area contributed by atoms with Crippen LogP contribution < -0.4 is 4.90 Å². The van der Waals surface area contributed by atoms with Crippen LogP contribution in [0.5, 0.6) is 0 Å². The first-order valence-corrected chi connectivity index (χ1v) is 10.7. The molecule has 8 nitrogen and oxygen atoms in total. The molecule has 0 bridgehead atoms. The van der Waals surface area contributed by atoms with Gasteiger partial charge >= 0.3 is 0 Å². The number of aryl methyl sites for hydroxylation is 1. The second kappa shape index (κ2) is 8.31. The molecule has 0 amide bonds. The molecule has 0 radical (unpaired) electrons. The first kappa shape index (κ1) is 19.5. The fourth-order valence-corrected chi connectivity index (χ4v) is 4.23. The normalized spacial score (nSPS) is 20.5. The molecule has 2 saturated heterocycles. The Bertz CT molecular complexity index is 785. The molecule has 0 unspecified atom stereocenters. The molecule has 0 aromatic carbocycles. The first-order chi connectivity index (χ1) is 13.5. The van der Waals surface area contributed by atoms with Gasteiger partial charge in [0.1, 0.15) is 5.82 Å². The Morgan fingerprint density at radius 1 is 0.929 bits per heavy atom. The Morgan fingerprint density at radius 2 is 1.61 bits per heavy atom. The van der Waals surface area contributed by atoms with Gasteiger partial charge in [0.15, 0.2) is 5.82 Å². The summed E-state index contributed by atoms with van der Waals surface area (Å²) in [5.74, 6) is 2.73. The van der Waals surface area contributed by atoms with E-state index in [0.29, 0.717) is 6.04 Å². The molecule has 2 aliphatic heterocycles. The lowest BCUT2D eigenvalue weighted by Crippen LogP contribution is -2.48. The Hall–Kier alpha value is -1.77. The smallest absolute Gasteiger partial charge is 0.254 e. The van der Waals surface area contributed by atoms with E-state index in [1.807, 2.05) is 11.4 Å². The molecule has 2 aliphatic rings. The van der Waals surface area contributed by atoms with E-state index in [0.717, 1.165) is 88.6 Å². The number of fused-ring (bicyclic) bond motifs is 1. The Balaban J connectivity index is 1.49. The van der Waals surface area contributed by atoms with Gasteiger partial charge in [0.25, 0.3) is 5.78 Å². The molecular formula is C20H34N8. The van der Waals surface area contributed by atoms with Gasteiger partial charge in [0, 0.05) is 70.2 Å². The number of aromatic nitrogens is 4. The van der Waals surface area contributed by atoms with Crippen LogP contribution in [-0.2, 0) is 6.54 Å². The molecule has 2 aromatic rings. The summed E-state index contributed by atoms with van der Waals surface area (Å²) in [7, 11) is 0. The third-order valence-electron chi connectivity index (χ3n) is 6.11. The highest BCUT2D eigenvalue weighted by Gasteiger charge is 2.22. The largest absolute Gasteiger partial charge is 0.354 e. The number of piperazine rings is 2. The van der Waals surface area contributed by atoms with Crippen LogP contribution in [0, 0.1) is 6.92 Å². The van der Waals surface area contributed by atoms with Crippen molar-refractivity contribution in [2.45, 2.75) is 40.3 Å². The molecule has 8 heteroatoms. The van der Waals surface area contributed by atoms with Crippen molar-refractivity contribution in [2.24, 2.45) is 0 Å². The quantitative estimate of drug-likeness (QED) is 0.763. The molecule has 154 valence electrons. The lowest BCUT2D eigenvalue weighted by Gasteiger charge is -2.36. The Labute approximate surface area is 168 Å². The highest BCUT2D eigenvalue weighted by molar-refractivity contribution is 5.48. The molecule has 4 rings (SSSR count). The van der Waals surface area contributed by atoms with Crippen LogP contribution in [-0.4, -0.2) is 99.2 Å². The van der Waals surface area contributed by atoms with Crippen LogP contribution in [0.2, 0.25) is 0 Å². The van der Waals surface area contributed by atoms with Crippen molar-refractivity contribution in [1.29, 1.82) is 0 Å². The molecule has 0 aliphatic carbocycles. The predicted octanol–water partition coefficient (Wildman–Crippen LogP) is 1.10. The molecule has 0 spiro atoms. The van der Waals surface area contributed by atoms with Crippen LogP contribution in [0.4, 0.5) is 5.82 Å². The van der Waals surface area contributed by atoms with Crippen LogP contribution in [0.25, 0.3) is 5.78 Å². The van der Waals surface area contributed by atoms with Gasteiger partial charge in [-0.2, -0.15) is 9.50 Å². The average molecular weight is 387 g/mol. The van der Waals surface area contributed by atoms with Crippen LogP contribution >= 0.6 is 0 Å². The monoisotopic (exact) mass is 386 g/mol. The van der Waals surface area contributed by atoms with Gasteiger partial charge in [-0.1, -0.05) is 6.92 Å². The molecule has 2 aromatic heterocycles. The van der Waals surface area contributed by atoms with Crippen molar-refractivity contribution >= 4 is 11.6 Å². The third kappa shape index (κ3) is 4.14. The van der Waals surface area contributed by atoms with E-state index >= 15 is 0 Å². The summed E-state index contributed by atoms with van der Waals surface area (Å²) in [6, 6.07) is 2.77. The zero-order chi connectivity index (χ0) is 19.7. The van der Waals surface area contributed by atoms with Crippen molar-refractivity contribution in [3.8, 4) is 0 Å². The molecule has 2 fully saturated rings. The second-order valence-corrected chi connectivity index (χ2v) is 8.32. The van der Waals surface area contributed by atoms with Crippen molar-refractivity contribution < 1.29 is 0 Å². The molecule has 28 heavy (non-hydrogen) atoms. The number of likely N-dealkylation sites (N-methyl/N-ethyl adjacent to an activating group) is 1. The Kier molecular flexibility index (Phi) is 5.80. The van der Waals surface area contributed by atoms with E-state index in [1.165, 1.54) is 0 Å². The van der Waals surface area contributed by atoms with E-state index < -0.39 is 0 Å². The summed E-state index contributed by atoms with van der Waals surface area (Å²) >= 11 is 0. The van der Waals surface area contributed by atoms with Gasteiger partial charge in [0.05, 0.1) is 6.54 Å². The maximum Gasteiger partial charge on any atom is 0.254 e. The number of anilines is 1. The third-order valence-corrected chi connectivity index (χ3v) is 6.11. The van der Waals surface area contributed by atoms with E-state index in [1.54, 1.807) is 0 Å². The van der Waals surface area contributed by atoms with E-state index in [2.05, 4.69) is 51.4 Å². The minimum absolute atomic E-state index is 0.623. The minimum atomic E-state index is 0.623. The minimum Gasteiger partial charge on any atom is -0.354 e. The average Bonchev–Trinajstić information content (AvgIpc) is 3.10. The highest BCUT2D eigenvalue weighted by atomic mass is 15.4. The SMILES string of the molecule is CCN1CCN(c2cc(C)nc3nc(CN4CCN(C(C)C)CC4)nn23)CC1. The van der Waals surface area contributed by atoms with Gasteiger partial charge in [-0.3, -0.25) is 9.80 Å². The topological polar surface area (TPSA) is 56.0 Å². The van der Waals surface area contributed by atoms with E-state index in [-0.39, 0.29) is 0 Å². The fourth-order valence-electron chi connectivity index (χ4n) is 4.23. The zero-order valence-electron chi connectivity index (χ0n) is 17.8. The Morgan fingerprint density at radius 3 is 2.25 bits per heavy atom. The zero-order valence-corrected chi connectivity index (χ0v) is 17.8. The summed E-state index contributed by atoms with van der Waals surface area (Å²) in [5, 5.41) is 4.85. The van der Waals surface area contributed by atoms with Gasteiger partial charge in [0.2, 0.25) is 0 Å². The molecule has 4 heterocycles. The maximum absolute atomic E-state index is 4.85. The number of hydrogen-bond acceptors (Lipinski definition) is 7. The summed E-state index contributed by atoms with van der Waals surface area (Å²) in [6.07, 6.45) is 0. The number of rotatable bonds is 5. The summed E-state index contributed by atoms with van der Waals surface area (Å²) in [5.41, 5.74) is 1.00. The summed E-state index contributed by atoms with van der Waals surface area (Å²) < 4.78 is 1.95. The van der Waals surface area contributed by atoms with E-state index in [4.69, 9.17) is 10.1 Å². The van der Waals surface area contributed by atoms with Gasteiger partial charge < -0.3 is 9.80 Å². The first-order valence-electron chi connectivity index (χ1n) is 10.7. The number of nitrogens with zero attached hydrogens (tertiary/aromatic N) is 8. The molecule has 0 saturated carbocycles. The predicted molar refractivity (Wildman–Crippen MR) is 112 cm³/mol. The summed E-state index contributed by atoms with van der Waals surface area (Å²) in [4.78, 5) is 19.3. The van der Waals surface area contributed by atoms with Crippen LogP contribution in [0.15, 0.2) is 6.07 Å². The maximum atomic E-state index is 4.85. The number of hydrogen-bond donors (Lipinski definition) is 0. The fraction of sp³-hybridized carbons (Fsp3) is 0.750. The van der Waals surface area contributed by atoms with Crippen LogP contribution in [0.1, 0.15) is 32.3 Å². The van der Waals surface area contributed by atoms with E-state index in [9.17, 15) is 0 Å². The van der Waals surface area contributed by atoms with Crippen molar-refractivity contribution in [3.05, 3.63) is 17.6 Å². The summed E-state index contributed by atoms with van der Waals surface area (Å²) in [6.45, 7) is 19.4. The second-order valence-electron chi connectivity index (χ2n) is 8.32. The van der Waals surface area contributed by atoms with Crippen molar-refractivity contribution in [1.82, 2.24) is 34.3 Å². The van der Waals surface area contributed by atoms with Crippen molar-refractivity contribution in [2.75, 3.05) is 63.8 Å². The van der Waals surface area contributed by atoms with Crippen molar-refractivity contribution in [3.63, 3.8) is 0 Å². The van der Waals surface area contributed by atoms with Gasteiger partial charge in [-0.25, -0.2) is 4.98 Å². The lowest BCUT2D eigenvalue weighted by atomic mass is 10.2.